The maximum atomic E-state index is 13.4. The molecule has 4 aromatic rings. The summed E-state index contributed by atoms with van der Waals surface area (Å²) >= 11 is 0. The van der Waals surface area contributed by atoms with Gasteiger partial charge in [0.1, 0.15) is 0 Å². The number of nitrogens with zero attached hydrogens (tertiary/aromatic N) is 6. The molecule has 14 heteroatoms. The Morgan fingerprint density at radius 2 is 1.02 bits per heavy atom. The number of hydrogen-bond donors (Lipinski definition) is 4. The number of allylic oxidation sites excluding steroid dienone is 2. The zero-order valence-corrected chi connectivity index (χ0v) is 36.7. The van der Waals surface area contributed by atoms with Gasteiger partial charge in [-0.15, -0.1) is 0 Å². The van der Waals surface area contributed by atoms with Gasteiger partial charge in [0.2, 0.25) is 11.8 Å². The molecule has 0 radical (unpaired) electrons. The molecule has 2 aliphatic carbocycles. The summed E-state index contributed by atoms with van der Waals surface area (Å²) in [6, 6.07) is 14.9. The topological polar surface area (TPSA) is 175 Å². The highest BCUT2D eigenvalue weighted by Crippen LogP contribution is 2.50. The van der Waals surface area contributed by atoms with Crippen LogP contribution in [0.1, 0.15) is 85.3 Å². The molecule has 2 saturated heterocycles. The van der Waals surface area contributed by atoms with Gasteiger partial charge in [0, 0.05) is 124 Å². The minimum absolute atomic E-state index is 0.0124. The Hall–Kier alpha value is -5.54. The summed E-state index contributed by atoms with van der Waals surface area (Å²) in [6.45, 7) is 7.25. The van der Waals surface area contributed by atoms with Crippen LogP contribution in [0.25, 0.3) is 12.2 Å². The normalized spacial score (nSPS) is 26.9. The molecule has 4 fully saturated rings. The molecule has 4 N–H and O–H groups in total. The lowest BCUT2D eigenvalue weighted by molar-refractivity contribution is -0.128. The van der Waals surface area contributed by atoms with E-state index in [2.05, 4.69) is 30.4 Å². The third kappa shape index (κ3) is 8.56. The summed E-state index contributed by atoms with van der Waals surface area (Å²) in [7, 11) is 0. The first-order chi connectivity index (χ1) is 31.2. The highest BCUT2D eigenvalue weighted by Gasteiger charge is 2.57. The summed E-state index contributed by atoms with van der Waals surface area (Å²) < 4.78 is 3.65. The molecular formula is C50H60N8O6. The van der Waals surface area contributed by atoms with E-state index >= 15 is 0 Å². The van der Waals surface area contributed by atoms with Crippen LogP contribution >= 0.6 is 0 Å². The SMILES string of the molecule is C/C=C/c1ccc2n(c1=O)C[C@@H]1[C@@H](CO)[C@H](C(=O)NCC3CC3)[C@H]2N1Cc1ccncc1.C/C=C\c1ccc2n(c1=O)C[C@@H]1[C@@H](CO)[C@H](C(=O)NCC3CC3)[C@H]2N1Cc1ccncc1. The van der Waals surface area contributed by atoms with Crippen LogP contribution in [0.2, 0.25) is 0 Å². The molecule has 2 amide bonds. The van der Waals surface area contributed by atoms with Crippen molar-refractivity contribution in [3.63, 3.8) is 0 Å². The highest BCUT2D eigenvalue weighted by molar-refractivity contribution is 5.81. The van der Waals surface area contributed by atoms with E-state index < -0.39 is 11.8 Å². The average molecular weight is 869 g/mol. The van der Waals surface area contributed by atoms with Gasteiger partial charge in [-0.05, 0) is 111 Å². The molecule has 4 aromatic heterocycles. The number of aliphatic hydroxyl groups excluding tert-OH is 2. The molecule has 10 rings (SSSR count). The van der Waals surface area contributed by atoms with Crippen LogP contribution in [0.15, 0.2) is 95.1 Å². The number of nitrogens with one attached hydrogen (secondary N) is 2. The van der Waals surface area contributed by atoms with Crippen molar-refractivity contribution in [2.24, 2.45) is 35.5 Å². The van der Waals surface area contributed by atoms with E-state index in [9.17, 15) is 29.4 Å². The van der Waals surface area contributed by atoms with Crippen LogP contribution < -0.4 is 21.8 Å². The number of amides is 2. The van der Waals surface area contributed by atoms with Crippen LogP contribution in [0.5, 0.6) is 0 Å². The summed E-state index contributed by atoms with van der Waals surface area (Å²) in [5.74, 6) is -0.117. The Bertz CT molecular complexity index is 2330. The molecule has 4 bridgehead atoms. The second kappa shape index (κ2) is 18.9. The van der Waals surface area contributed by atoms with E-state index in [1.165, 1.54) is 25.7 Å². The van der Waals surface area contributed by atoms with Crippen molar-refractivity contribution < 1.29 is 19.8 Å². The van der Waals surface area contributed by atoms with Crippen molar-refractivity contribution in [3.05, 3.63) is 140 Å². The molecule has 64 heavy (non-hydrogen) atoms. The van der Waals surface area contributed by atoms with Crippen LogP contribution in [0.4, 0.5) is 0 Å². The standard InChI is InChI=1S/2C25H30N4O3/c2*1-2-3-18-6-7-20-23-22(24(31)27-12-16-4-5-16)19(15-30)21(14-29(20)25(18)32)28(23)13-17-8-10-26-11-9-17/h2*2-3,6-11,16,19,21-23,30H,4-5,12-15H2,1H3,(H,27,31)/b3-2+;3-2-/t2*19-,21-,22+,23+/m11/s1. The Labute approximate surface area is 373 Å². The number of carbonyl (C=O) groups is 2. The molecule has 14 nitrogen and oxygen atoms in total. The third-order valence-corrected chi connectivity index (χ3v) is 14.5. The molecule has 336 valence electrons. The summed E-state index contributed by atoms with van der Waals surface area (Å²) in [6.07, 6.45) is 19.1. The van der Waals surface area contributed by atoms with E-state index in [0.717, 1.165) is 22.5 Å². The number of aliphatic hydroxyl groups is 2. The summed E-state index contributed by atoms with van der Waals surface area (Å²) in [4.78, 5) is 66.0. The van der Waals surface area contributed by atoms with Gasteiger partial charge in [-0.3, -0.25) is 38.9 Å². The van der Waals surface area contributed by atoms with Gasteiger partial charge >= 0.3 is 0 Å². The lowest BCUT2D eigenvalue weighted by Crippen LogP contribution is -2.46. The quantitative estimate of drug-likeness (QED) is 0.146. The van der Waals surface area contributed by atoms with E-state index in [0.29, 0.717) is 62.2 Å². The molecule has 4 aliphatic heterocycles. The first-order valence-corrected chi connectivity index (χ1v) is 23.0. The maximum Gasteiger partial charge on any atom is 0.258 e. The molecule has 8 atom stereocenters. The average Bonchev–Trinajstić information content (AvgIpc) is 4.26. The first kappa shape index (κ1) is 43.7. The number of hydrogen-bond acceptors (Lipinski definition) is 10. The van der Waals surface area contributed by atoms with Gasteiger partial charge in [-0.1, -0.05) is 24.3 Å². The smallest absolute Gasteiger partial charge is 0.258 e. The minimum Gasteiger partial charge on any atom is -0.396 e. The summed E-state index contributed by atoms with van der Waals surface area (Å²) in [5.41, 5.74) is 5.15. The Kier molecular flexibility index (Phi) is 12.9. The van der Waals surface area contributed by atoms with E-state index in [1.54, 1.807) is 24.8 Å². The number of carbonyl (C=O) groups excluding carboxylic acids is 2. The Morgan fingerprint density at radius 3 is 1.36 bits per heavy atom. The van der Waals surface area contributed by atoms with E-state index in [1.807, 2.05) is 95.8 Å². The van der Waals surface area contributed by atoms with Gasteiger partial charge in [0.05, 0.1) is 23.9 Å². The van der Waals surface area contributed by atoms with E-state index in [-0.39, 0.29) is 72.1 Å². The van der Waals surface area contributed by atoms with Gasteiger partial charge in [-0.2, -0.15) is 0 Å². The number of pyridine rings is 4. The predicted octanol–water partition coefficient (Wildman–Crippen LogP) is 3.93. The number of aromatic nitrogens is 4. The van der Waals surface area contributed by atoms with Crippen LogP contribution in [-0.4, -0.2) is 89.3 Å². The lowest BCUT2D eigenvalue weighted by atomic mass is 9.86. The van der Waals surface area contributed by atoms with Crippen LogP contribution in [0, 0.1) is 35.5 Å². The van der Waals surface area contributed by atoms with Crippen molar-refractivity contribution in [3.8, 4) is 0 Å². The number of rotatable bonds is 14. The van der Waals surface area contributed by atoms with Crippen LogP contribution in [0.3, 0.4) is 0 Å². The fourth-order valence-electron chi connectivity index (χ4n) is 10.9. The van der Waals surface area contributed by atoms with Crippen molar-refractivity contribution in [2.45, 2.75) is 89.9 Å². The third-order valence-electron chi connectivity index (χ3n) is 14.5. The molecule has 0 spiro atoms. The maximum absolute atomic E-state index is 13.4. The highest BCUT2D eigenvalue weighted by atomic mass is 16.3. The Morgan fingerprint density at radius 1 is 0.625 bits per heavy atom. The van der Waals surface area contributed by atoms with Gasteiger partial charge < -0.3 is 30.0 Å². The lowest BCUT2D eigenvalue weighted by Gasteiger charge is -2.38. The van der Waals surface area contributed by atoms with Gasteiger partial charge in [0.25, 0.3) is 11.1 Å². The van der Waals surface area contributed by atoms with Gasteiger partial charge in [0.15, 0.2) is 0 Å². The largest absolute Gasteiger partial charge is 0.396 e. The first-order valence-electron chi connectivity index (χ1n) is 23.0. The fourth-order valence-corrected chi connectivity index (χ4v) is 10.9. The zero-order valence-electron chi connectivity index (χ0n) is 36.7. The fraction of sp³-hybridized carbons (Fsp3) is 0.480. The molecule has 0 unspecified atom stereocenters. The van der Waals surface area contributed by atoms with E-state index in [4.69, 9.17) is 0 Å². The van der Waals surface area contributed by atoms with Crippen molar-refractivity contribution in [2.75, 3.05) is 26.3 Å². The monoisotopic (exact) mass is 868 g/mol. The second-order valence-electron chi connectivity index (χ2n) is 18.5. The van der Waals surface area contributed by atoms with Crippen LogP contribution in [-0.2, 0) is 35.8 Å². The minimum atomic E-state index is -0.397. The van der Waals surface area contributed by atoms with Crippen molar-refractivity contribution in [1.29, 1.82) is 0 Å². The zero-order chi connectivity index (χ0) is 44.5. The molecular weight excluding hydrogens is 809 g/mol. The van der Waals surface area contributed by atoms with Gasteiger partial charge in [-0.25, -0.2) is 0 Å². The molecule has 6 aliphatic rings. The number of fused-ring (bicyclic) bond motifs is 8. The van der Waals surface area contributed by atoms with Crippen molar-refractivity contribution >= 4 is 24.0 Å². The molecule has 2 saturated carbocycles. The molecule has 8 heterocycles. The molecule has 0 aromatic carbocycles. The second-order valence-corrected chi connectivity index (χ2v) is 18.5. The van der Waals surface area contributed by atoms with Crippen molar-refractivity contribution in [1.82, 2.24) is 39.5 Å². The summed E-state index contributed by atoms with van der Waals surface area (Å²) in [5, 5.41) is 27.0. The Balaban J connectivity index is 0.000000162. The predicted molar refractivity (Wildman–Crippen MR) is 243 cm³/mol.